The molecule has 0 bridgehead atoms. The van der Waals surface area contributed by atoms with Crippen molar-refractivity contribution in [2.45, 2.75) is 121 Å². The largest absolute Gasteiger partial charge is 0.394 e. The molecule has 0 radical (unpaired) electrons. The highest BCUT2D eigenvalue weighted by atomic mass is 16.7. The average molecular weight is 576 g/mol. The fraction of sp³-hybridized carbons (Fsp3) is 0.970. The molecule has 3 aliphatic heterocycles. The van der Waals surface area contributed by atoms with E-state index >= 15 is 0 Å². The lowest BCUT2D eigenvalue weighted by Gasteiger charge is -2.55. The fourth-order valence-corrected chi connectivity index (χ4v) is 11.7. The minimum atomic E-state index is -1.45. The van der Waals surface area contributed by atoms with Gasteiger partial charge in [0.15, 0.2) is 6.29 Å². The van der Waals surface area contributed by atoms with E-state index in [1.807, 2.05) is 0 Å². The van der Waals surface area contributed by atoms with Crippen LogP contribution >= 0.6 is 0 Å². The number of piperidine rings is 2. The van der Waals surface area contributed by atoms with Crippen molar-refractivity contribution in [3.63, 3.8) is 0 Å². The van der Waals surface area contributed by atoms with Crippen LogP contribution in [0.15, 0.2) is 0 Å². The fourth-order valence-electron chi connectivity index (χ4n) is 11.7. The number of carbonyl (C=O) groups is 1. The van der Waals surface area contributed by atoms with Gasteiger partial charge in [-0.3, -0.25) is 9.69 Å². The van der Waals surface area contributed by atoms with Gasteiger partial charge in [0.2, 0.25) is 0 Å². The molecule has 4 N–H and O–H groups in total. The first-order chi connectivity index (χ1) is 19.6. The summed E-state index contributed by atoms with van der Waals surface area (Å²) < 4.78 is 11.8. The summed E-state index contributed by atoms with van der Waals surface area (Å²) in [7, 11) is 0. The van der Waals surface area contributed by atoms with Crippen molar-refractivity contribution < 1.29 is 34.7 Å². The van der Waals surface area contributed by atoms with Crippen LogP contribution in [-0.4, -0.2) is 93.7 Å². The molecule has 7 fully saturated rings. The van der Waals surface area contributed by atoms with Crippen molar-refractivity contribution in [3.8, 4) is 0 Å². The Labute approximate surface area is 245 Å². The topological polar surface area (TPSA) is 120 Å². The lowest BCUT2D eigenvalue weighted by atomic mass is 9.51. The molecular weight excluding hydrogens is 522 g/mol. The van der Waals surface area contributed by atoms with Gasteiger partial charge in [-0.05, 0) is 104 Å². The number of ether oxygens (including phenoxy) is 2. The number of carbonyl (C=O) groups excluding carboxylic acids is 1. The molecule has 4 aliphatic carbocycles. The first-order valence-corrected chi connectivity index (χ1v) is 16.8. The number of hydrogen-bond acceptors (Lipinski definition) is 8. The van der Waals surface area contributed by atoms with Gasteiger partial charge in [0, 0.05) is 31.5 Å². The Morgan fingerprint density at radius 1 is 0.902 bits per heavy atom. The van der Waals surface area contributed by atoms with Crippen LogP contribution < -0.4 is 0 Å². The summed E-state index contributed by atoms with van der Waals surface area (Å²) in [5.74, 6) is 6.03. The average Bonchev–Trinajstić information content (AvgIpc) is 3.32. The smallest absolute Gasteiger partial charge is 0.186 e. The van der Waals surface area contributed by atoms with Crippen LogP contribution in [-0.2, 0) is 14.3 Å². The molecule has 232 valence electrons. The third-order valence-corrected chi connectivity index (χ3v) is 13.8. The molecule has 7 aliphatic rings. The van der Waals surface area contributed by atoms with E-state index in [1.165, 1.54) is 45.2 Å². The Bertz CT molecular complexity index is 993. The van der Waals surface area contributed by atoms with E-state index < -0.39 is 37.3 Å². The van der Waals surface area contributed by atoms with Crippen molar-refractivity contribution in [1.82, 2.24) is 4.90 Å². The molecule has 0 aromatic rings. The third-order valence-electron chi connectivity index (χ3n) is 13.8. The van der Waals surface area contributed by atoms with E-state index in [9.17, 15) is 25.2 Å². The number of fused-ring (bicyclic) bond motifs is 8. The summed E-state index contributed by atoms with van der Waals surface area (Å²) in [5, 5.41) is 40.4. The van der Waals surface area contributed by atoms with Gasteiger partial charge < -0.3 is 29.9 Å². The molecule has 8 nitrogen and oxygen atoms in total. The van der Waals surface area contributed by atoms with E-state index in [0.717, 1.165) is 48.5 Å². The second-order valence-corrected chi connectivity index (χ2v) is 15.9. The Morgan fingerprint density at radius 2 is 1.68 bits per heavy atom. The summed E-state index contributed by atoms with van der Waals surface area (Å²) >= 11 is 0. The Hall–Kier alpha value is -0.610. The highest BCUT2D eigenvalue weighted by Crippen LogP contribution is 2.66. The van der Waals surface area contributed by atoms with Crippen molar-refractivity contribution >= 4 is 5.78 Å². The van der Waals surface area contributed by atoms with Crippen molar-refractivity contribution in [2.75, 3.05) is 19.7 Å². The second kappa shape index (κ2) is 10.8. The predicted octanol–water partition coefficient (Wildman–Crippen LogP) is 2.60. The van der Waals surface area contributed by atoms with Crippen LogP contribution in [0.3, 0.4) is 0 Å². The molecule has 0 aromatic carbocycles. The van der Waals surface area contributed by atoms with Crippen LogP contribution in [0, 0.1) is 58.7 Å². The highest BCUT2D eigenvalue weighted by molar-refractivity contribution is 5.83. The molecule has 4 saturated carbocycles. The van der Waals surface area contributed by atoms with Gasteiger partial charge in [-0.1, -0.05) is 20.8 Å². The molecular formula is C33H53NO7. The summed E-state index contributed by atoms with van der Waals surface area (Å²) in [6.07, 6.45) is 3.08. The lowest BCUT2D eigenvalue weighted by Crippen LogP contribution is -2.60. The van der Waals surface area contributed by atoms with Crippen LogP contribution in [0.25, 0.3) is 0 Å². The molecule has 17 unspecified atom stereocenters. The van der Waals surface area contributed by atoms with E-state index in [0.29, 0.717) is 36.4 Å². The molecule has 7 rings (SSSR count). The Morgan fingerprint density at radius 3 is 2.46 bits per heavy atom. The SMILES string of the molecule is CC1CCC2CC3C(C)CC4C(CC5C4CC(=O)C4CC(OC6OC(CO)C(O)C(O)C6O)CCC45C)C3CN2C1. The summed E-state index contributed by atoms with van der Waals surface area (Å²) in [6, 6.07) is 0.789. The van der Waals surface area contributed by atoms with Gasteiger partial charge in [0.1, 0.15) is 30.2 Å². The number of rotatable bonds is 3. The first kappa shape index (κ1) is 29.1. The number of ketones is 1. The molecule has 8 heteroatoms. The van der Waals surface area contributed by atoms with E-state index in [-0.39, 0.29) is 17.4 Å². The lowest BCUT2D eigenvalue weighted by molar-refractivity contribution is -0.315. The van der Waals surface area contributed by atoms with Crippen LogP contribution in [0.5, 0.6) is 0 Å². The van der Waals surface area contributed by atoms with E-state index in [4.69, 9.17) is 9.47 Å². The number of aliphatic hydroxyl groups excluding tert-OH is 4. The molecule has 3 saturated heterocycles. The molecule has 0 amide bonds. The van der Waals surface area contributed by atoms with Crippen LogP contribution in [0.4, 0.5) is 0 Å². The molecule has 0 aromatic heterocycles. The third kappa shape index (κ3) is 4.69. The van der Waals surface area contributed by atoms with Gasteiger partial charge in [0.05, 0.1) is 12.7 Å². The maximum absolute atomic E-state index is 13.9. The molecule has 41 heavy (non-hydrogen) atoms. The summed E-state index contributed by atoms with van der Waals surface area (Å²) in [6.45, 7) is 9.38. The summed E-state index contributed by atoms with van der Waals surface area (Å²) in [4.78, 5) is 16.7. The van der Waals surface area contributed by atoms with Gasteiger partial charge in [-0.15, -0.1) is 0 Å². The normalized spacial score (nSPS) is 57.2. The van der Waals surface area contributed by atoms with Crippen LogP contribution in [0.2, 0.25) is 0 Å². The highest BCUT2D eigenvalue weighted by Gasteiger charge is 2.63. The minimum absolute atomic E-state index is 0.0256. The number of aliphatic hydroxyl groups is 4. The molecule has 17 atom stereocenters. The second-order valence-electron chi connectivity index (χ2n) is 15.9. The van der Waals surface area contributed by atoms with Gasteiger partial charge >= 0.3 is 0 Å². The van der Waals surface area contributed by atoms with Gasteiger partial charge in [-0.2, -0.15) is 0 Å². The zero-order valence-corrected chi connectivity index (χ0v) is 25.2. The van der Waals surface area contributed by atoms with E-state index in [1.54, 1.807) is 0 Å². The van der Waals surface area contributed by atoms with Crippen molar-refractivity contribution in [1.29, 1.82) is 0 Å². The van der Waals surface area contributed by atoms with Gasteiger partial charge in [-0.25, -0.2) is 0 Å². The number of hydrogen-bond donors (Lipinski definition) is 4. The maximum Gasteiger partial charge on any atom is 0.186 e. The zero-order chi connectivity index (χ0) is 28.8. The number of Topliss-reactive ketones (excluding diaryl/α,β-unsaturated/α-hetero) is 1. The minimum Gasteiger partial charge on any atom is -0.394 e. The Kier molecular flexibility index (Phi) is 7.66. The van der Waals surface area contributed by atoms with Crippen molar-refractivity contribution in [3.05, 3.63) is 0 Å². The quantitative estimate of drug-likeness (QED) is 0.379. The standard InChI is InChI=1S/C33H53NO7/c1-16-4-5-18-9-20-17(2)8-21-22(24(20)14-34(18)13-16)11-25-23(21)12-27(36)26-10-19(6-7-33(25,26)3)40-32-31(39)30(38)29(37)28(15-35)41-32/h16-26,28-32,35,37-39H,4-15H2,1-3H3. The molecule has 3 heterocycles. The van der Waals surface area contributed by atoms with Gasteiger partial charge in [0.25, 0.3) is 0 Å². The van der Waals surface area contributed by atoms with E-state index in [2.05, 4.69) is 25.7 Å². The predicted molar refractivity (Wildman–Crippen MR) is 151 cm³/mol. The Balaban J connectivity index is 1.06. The maximum atomic E-state index is 13.9. The first-order valence-electron chi connectivity index (χ1n) is 16.8. The summed E-state index contributed by atoms with van der Waals surface area (Å²) in [5.41, 5.74) is -0.0256. The van der Waals surface area contributed by atoms with Crippen LogP contribution in [0.1, 0.15) is 78.6 Å². The zero-order valence-electron chi connectivity index (χ0n) is 25.2. The van der Waals surface area contributed by atoms with Crippen molar-refractivity contribution in [2.24, 2.45) is 58.7 Å². The monoisotopic (exact) mass is 575 g/mol. The number of nitrogens with zero attached hydrogens (tertiary/aromatic N) is 1. The molecule has 0 spiro atoms.